The van der Waals surface area contributed by atoms with Gasteiger partial charge in [-0.25, -0.2) is 0 Å². The Morgan fingerprint density at radius 3 is 2.75 bits per heavy atom. The maximum absolute atomic E-state index is 9.90. The first-order valence-corrected chi connectivity index (χ1v) is 8.18. The second-order valence-corrected chi connectivity index (χ2v) is 7.04. The Morgan fingerprint density at radius 1 is 1.35 bits per heavy atom. The van der Waals surface area contributed by atoms with Gasteiger partial charge in [0.1, 0.15) is 0 Å². The second-order valence-electron chi connectivity index (χ2n) is 7.04. The fourth-order valence-electron chi connectivity index (χ4n) is 3.54. The smallest absolute Gasteiger partial charge is 0.0502 e. The highest BCUT2D eigenvalue weighted by molar-refractivity contribution is 5.00. The van der Waals surface area contributed by atoms with E-state index >= 15 is 0 Å². The van der Waals surface area contributed by atoms with Crippen LogP contribution < -0.4 is 0 Å². The van der Waals surface area contributed by atoms with Crippen LogP contribution in [-0.4, -0.2) is 49.5 Å². The van der Waals surface area contributed by atoms with Gasteiger partial charge in [-0.2, -0.15) is 0 Å². The third kappa shape index (κ3) is 4.57. The minimum absolute atomic E-state index is 0.0979. The quantitative estimate of drug-likeness (QED) is 0.787. The molecule has 2 saturated heterocycles. The topological polar surface area (TPSA) is 32.7 Å². The number of ether oxygens (including phenoxy) is 1. The zero-order valence-electron chi connectivity index (χ0n) is 13.2. The summed E-state index contributed by atoms with van der Waals surface area (Å²) in [5.41, 5.74) is 1.46. The van der Waals surface area contributed by atoms with E-state index in [0.717, 1.165) is 38.5 Å². The van der Waals surface area contributed by atoms with E-state index in [1.807, 2.05) is 0 Å². The molecule has 0 bridgehead atoms. The summed E-state index contributed by atoms with van der Waals surface area (Å²) < 4.78 is 5.45. The highest BCUT2D eigenvalue weighted by atomic mass is 16.5. The van der Waals surface area contributed by atoms with Gasteiger partial charge in [0.05, 0.1) is 6.61 Å². The van der Waals surface area contributed by atoms with Gasteiger partial charge < -0.3 is 14.7 Å². The van der Waals surface area contributed by atoms with Crippen LogP contribution in [-0.2, 0) is 4.74 Å². The Balaban J connectivity index is 1.89. The predicted molar refractivity (Wildman–Crippen MR) is 82.8 cm³/mol. The fourth-order valence-corrected chi connectivity index (χ4v) is 3.54. The van der Waals surface area contributed by atoms with Crippen molar-refractivity contribution in [1.29, 1.82) is 0 Å². The SMILES string of the molecule is CC(C)=CC[C@@]1(CO)CCCN(CC2CCOCC2)C1. The highest BCUT2D eigenvalue weighted by Gasteiger charge is 2.34. The van der Waals surface area contributed by atoms with Crippen LogP contribution in [0.1, 0.15) is 46.0 Å². The van der Waals surface area contributed by atoms with Crippen molar-refractivity contribution in [3.05, 3.63) is 11.6 Å². The lowest BCUT2D eigenvalue weighted by atomic mass is 9.77. The molecule has 0 aliphatic carbocycles. The van der Waals surface area contributed by atoms with E-state index in [0.29, 0.717) is 6.61 Å². The summed E-state index contributed by atoms with van der Waals surface area (Å²) in [6, 6.07) is 0. The maximum atomic E-state index is 9.90. The standard InChI is InChI=1S/C17H31NO2/c1-15(2)4-8-17(14-19)7-3-9-18(13-17)12-16-5-10-20-11-6-16/h4,16,19H,3,5-14H2,1-2H3/t17-/m0/s1. The van der Waals surface area contributed by atoms with Crippen molar-refractivity contribution in [3.63, 3.8) is 0 Å². The first-order chi connectivity index (χ1) is 9.63. The van der Waals surface area contributed by atoms with Gasteiger partial charge in [0, 0.05) is 31.7 Å². The molecular weight excluding hydrogens is 250 g/mol. The van der Waals surface area contributed by atoms with Crippen molar-refractivity contribution in [1.82, 2.24) is 4.90 Å². The summed E-state index contributed by atoms with van der Waals surface area (Å²) in [7, 11) is 0. The van der Waals surface area contributed by atoms with Crippen LogP contribution in [0.15, 0.2) is 11.6 Å². The molecule has 20 heavy (non-hydrogen) atoms. The van der Waals surface area contributed by atoms with Crippen LogP contribution >= 0.6 is 0 Å². The van der Waals surface area contributed by atoms with E-state index in [9.17, 15) is 5.11 Å². The summed E-state index contributed by atoms with van der Waals surface area (Å²) in [6.45, 7) is 9.93. The Morgan fingerprint density at radius 2 is 2.10 bits per heavy atom. The molecule has 1 atom stereocenters. The van der Waals surface area contributed by atoms with E-state index in [4.69, 9.17) is 4.74 Å². The summed E-state index contributed by atoms with van der Waals surface area (Å²) in [5.74, 6) is 0.793. The number of likely N-dealkylation sites (tertiary alicyclic amines) is 1. The first-order valence-electron chi connectivity index (χ1n) is 8.18. The Kier molecular flexibility index (Phi) is 6.06. The number of hydrogen-bond acceptors (Lipinski definition) is 3. The van der Waals surface area contributed by atoms with Crippen molar-refractivity contribution < 1.29 is 9.84 Å². The van der Waals surface area contributed by atoms with Crippen molar-refractivity contribution in [2.75, 3.05) is 39.5 Å². The summed E-state index contributed by atoms with van der Waals surface area (Å²) in [5, 5.41) is 9.90. The number of allylic oxidation sites excluding steroid dienone is 2. The average Bonchev–Trinajstić information content (AvgIpc) is 2.47. The zero-order valence-corrected chi connectivity index (χ0v) is 13.2. The fraction of sp³-hybridized carbons (Fsp3) is 0.882. The van der Waals surface area contributed by atoms with Crippen LogP contribution in [0.4, 0.5) is 0 Å². The second kappa shape index (κ2) is 7.58. The molecule has 2 aliphatic heterocycles. The molecule has 0 spiro atoms. The molecule has 0 radical (unpaired) electrons. The molecule has 2 rings (SSSR count). The maximum Gasteiger partial charge on any atom is 0.0502 e. The third-order valence-corrected chi connectivity index (χ3v) is 4.88. The molecule has 2 aliphatic rings. The molecular formula is C17H31NO2. The van der Waals surface area contributed by atoms with Crippen molar-refractivity contribution in [2.45, 2.75) is 46.0 Å². The third-order valence-electron chi connectivity index (χ3n) is 4.88. The number of aliphatic hydroxyl groups excluding tert-OH is 1. The lowest BCUT2D eigenvalue weighted by molar-refractivity contribution is 0.00853. The van der Waals surface area contributed by atoms with Crippen LogP contribution in [0.5, 0.6) is 0 Å². The van der Waals surface area contributed by atoms with Crippen molar-refractivity contribution in [3.8, 4) is 0 Å². The van der Waals surface area contributed by atoms with E-state index in [2.05, 4.69) is 24.8 Å². The molecule has 116 valence electrons. The van der Waals surface area contributed by atoms with Crippen LogP contribution in [0, 0.1) is 11.3 Å². The van der Waals surface area contributed by atoms with Gasteiger partial charge in [-0.3, -0.25) is 0 Å². The van der Waals surface area contributed by atoms with Crippen molar-refractivity contribution in [2.24, 2.45) is 11.3 Å². The predicted octanol–water partition coefficient (Wildman–Crippen LogP) is 2.84. The molecule has 0 aromatic rings. The normalized spacial score (nSPS) is 29.4. The lowest BCUT2D eigenvalue weighted by Gasteiger charge is -2.43. The Bertz CT molecular complexity index is 319. The van der Waals surface area contributed by atoms with E-state index in [1.165, 1.54) is 37.9 Å². The molecule has 0 unspecified atom stereocenters. The van der Waals surface area contributed by atoms with Gasteiger partial charge in [-0.05, 0) is 58.4 Å². The molecule has 1 N–H and O–H groups in total. The largest absolute Gasteiger partial charge is 0.396 e. The zero-order chi connectivity index (χ0) is 14.4. The summed E-state index contributed by atoms with van der Waals surface area (Å²) in [4.78, 5) is 2.59. The number of piperidine rings is 1. The van der Waals surface area contributed by atoms with Crippen LogP contribution in [0.3, 0.4) is 0 Å². The number of aliphatic hydroxyl groups is 1. The Hall–Kier alpha value is -0.380. The lowest BCUT2D eigenvalue weighted by Crippen LogP contribution is -2.47. The van der Waals surface area contributed by atoms with Gasteiger partial charge >= 0.3 is 0 Å². The highest BCUT2D eigenvalue weighted by Crippen LogP contribution is 2.34. The average molecular weight is 281 g/mol. The summed E-state index contributed by atoms with van der Waals surface area (Å²) in [6.07, 6.45) is 8.12. The summed E-state index contributed by atoms with van der Waals surface area (Å²) >= 11 is 0. The van der Waals surface area contributed by atoms with E-state index in [-0.39, 0.29) is 5.41 Å². The van der Waals surface area contributed by atoms with Crippen LogP contribution in [0.25, 0.3) is 0 Å². The van der Waals surface area contributed by atoms with Gasteiger partial charge in [0.2, 0.25) is 0 Å². The molecule has 2 fully saturated rings. The van der Waals surface area contributed by atoms with Crippen molar-refractivity contribution >= 4 is 0 Å². The first kappa shape index (κ1) is 16.0. The van der Waals surface area contributed by atoms with Gasteiger partial charge in [0.15, 0.2) is 0 Å². The molecule has 0 aromatic carbocycles. The van der Waals surface area contributed by atoms with Crippen LogP contribution in [0.2, 0.25) is 0 Å². The molecule has 0 aromatic heterocycles. The van der Waals surface area contributed by atoms with Gasteiger partial charge in [-0.15, -0.1) is 0 Å². The monoisotopic (exact) mass is 281 g/mol. The van der Waals surface area contributed by atoms with E-state index < -0.39 is 0 Å². The Labute approximate surface area is 124 Å². The number of nitrogens with zero attached hydrogens (tertiary/aromatic N) is 1. The number of hydrogen-bond donors (Lipinski definition) is 1. The van der Waals surface area contributed by atoms with Gasteiger partial charge in [-0.1, -0.05) is 11.6 Å². The minimum atomic E-state index is 0.0979. The minimum Gasteiger partial charge on any atom is -0.396 e. The molecule has 0 saturated carbocycles. The molecule has 3 nitrogen and oxygen atoms in total. The molecule has 0 amide bonds. The number of rotatable bonds is 5. The molecule has 3 heteroatoms. The van der Waals surface area contributed by atoms with E-state index in [1.54, 1.807) is 0 Å². The van der Waals surface area contributed by atoms with Gasteiger partial charge in [0.25, 0.3) is 0 Å². The molecule has 2 heterocycles.